The third-order valence-corrected chi connectivity index (χ3v) is 1.22. The first kappa shape index (κ1) is 7.67. The molecule has 0 spiro atoms. The van der Waals surface area contributed by atoms with Crippen molar-refractivity contribution in [3.63, 3.8) is 0 Å². The van der Waals surface area contributed by atoms with Crippen molar-refractivity contribution in [1.82, 2.24) is 0 Å². The maximum absolute atomic E-state index is 12.2. The maximum Gasteiger partial charge on any atom is 0.103 e. The summed E-state index contributed by atoms with van der Waals surface area (Å²) in [7, 11) is 0. The van der Waals surface area contributed by atoms with Gasteiger partial charge in [0.25, 0.3) is 0 Å². The van der Waals surface area contributed by atoms with Crippen molar-refractivity contribution in [2.45, 2.75) is 26.9 Å². The molecule has 1 heteroatoms. The molecule has 0 aliphatic rings. The third kappa shape index (κ3) is 2.78. The highest BCUT2D eigenvalue weighted by Gasteiger charge is 2.03. The van der Waals surface area contributed by atoms with Crippen LogP contribution in [0.2, 0.25) is 0 Å². The molecule has 48 valence electrons. The predicted molar refractivity (Wildman–Crippen MR) is 34.5 cm³/mol. The van der Waals surface area contributed by atoms with Crippen LogP contribution in [0, 0.1) is 5.92 Å². The molecule has 0 fully saturated rings. The van der Waals surface area contributed by atoms with Gasteiger partial charge in [-0.1, -0.05) is 19.1 Å². The van der Waals surface area contributed by atoms with Crippen LogP contribution >= 0.6 is 0 Å². The van der Waals surface area contributed by atoms with Crippen LogP contribution < -0.4 is 0 Å². The highest BCUT2D eigenvalue weighted by Crippen LogP contribution is 2.06. The van der Waals surface area contributed by atoms with Crippen molar-refractivity contribution in [1.29, 1.82) is 0 Å². The Morgan fingerprint density at radius 3 is 2.00 bits per heavy atom. The summed E-state index contributed by atoms with van der Waals surface area (Å²) in [6, 6.07) is 0. The first-order valence-electron chi connectivity index (χ1n) is 2.95. The molecule has 0 aromatic heterocycles. The van der Waals surface area contributed by atoms with Crippen LogP contribution in [-0.2, 0) is 0 Å². The van der Waals surface area contributed by atoms with E-state index in [0.717, 1.165) is 0 Å². The molecule has 0 saturated carbocycles. The van der Waals surface area contributed by atoms with E-state index in [1.807, 2.05) is 26.0 Å². The fourth-order valence-corrected chi connectivity index (χ4v) is 0.457. The standard InChI is InChI=1S/C7H13F/c1-4-5-6(2)7(3)8/h4-7H,1-3H3/b5-4+/t6?,7-/m1/s1. The molecule has 0 rings (SSSR count). The zero-order valence-electron chi connectivity index (χ0n) is 5.69. The molecule has 0 heterocycles. The Hall–Kier alpha value is -0.330. The van der Waals surface area contributed by atoms with E-state index in [1.54, 1.807) is 6.92 Å². The topological polar surface area (TPSA) is 0 Å². The largest absolute Gasteiger partial charge is 0.247 e. The second-order valence-corrected chi connectivity index (χ2v) is 2.06. The Kier molecular flexibility index (Phi) is 3.49. The molecule has 0 aliphatic carbocycles. The second kappa shape index (κ2) is 3.65. The van der Waals surface area contributed by atoms with Crippen LogP contribution in [0.3, 0.4) is 0 Å². The van der Waals surface area contributed by atoms with Gasteiger partial charge in [-0.15, -0.1) is 0 Å². The van der Waals surface area contributed by atoms with E-state index in [1.165, 1.54) is 0 Å². The molecule has 0 N–H and O–H groups in total. The van der Waals surface area contributed by atoms with Gasteiger partial charge in [0.1, 0.15) is 6.17 Å². The molecule has 1 unspecified atom stereocenters. The van der Waals surface area contributed by atoms with E-state index in [0.29, 0.717) is 0 Å². The van der Waals surface area contributed by atoms with Crippen molar-refractivity contribution in [3.05, 3.63) is 12.2 Å². The lowest BCUT2D eigenvalue weighted by molar-refractivity contribution is 0.300. The smallest absolute Gasteiger partial charge is 0.103 e. The average molecular weight is 116 g/mol. The van der Waals surface area contributed by atoms with Gasteiger partial charge in [-0.05, 0) is 13.8 Å². The lowest BCUT2D eigenvalue weighted by Crippen LogP contribution is -2.03. The van der Waals surface area contributed by atoms with Gasteiger partial charge in [-0.25, -0.2) is 4.39 Å². The summed E-state index contributed by atoms with van der Waals surface area (Å²) in [5, 5.41) is 0. The highest BCUT2D eigenvalue weighted by atomic mass is 19.1. The lowest BCUT2D eigenvalue weighted by atomic mass is 10.1. The molecular weight excluding hydrogens is 103 g/mol. The quantitative estimate of drug-likeness (QED) is 0.486. The summed E-state index contributed by atoms with van der Waals surface area (Å²) in [6.45, 7) is 5.34. The zero-order valence-corrected chi connectivity index (χ0v) is 5.69. The number of hydrogen-bond donors (Lipinski definition) is 0. The lowest BCUT2D eigenvalue weighted by Gasteiger charge is -2.04. The second-order valence-electron chi connectivity index (χ2n) is 2.06. The van der Waals surface area contributed by atoms with Gasteiger partial charge in [0.15, 0.2) is 0 Å². The minimum Gasteiger partial charge on any atom is -0.247 e. The van der Waals surface area contributed by atoms with Crippen molar-refractivity contribution in [2.75, 3.05) is 0 Å². The van der Waals surface area contributed by atoms with E-state index >= 15 is 0 Å². The first-order chi connectivity index (χ1) is 3.68. The van der Waals surface area contributed by atoms with Crippen LogP contribution in [0.25, 0.3) is 0 Å². The highest BCUT2D eigenvalue weighted by molar-refractivity contribution is 4.85. The van der Waals surface area contributed by atoms with E-state index in [-0.39, 0.29) is 5.92 Å². The van der Waals surface area contributed by atoms with Crippen LogP contribution in [-0.4, -0.2) is 6.17 Å². The Labute approximate surface area is 50.4 Å². The Balaban J connectivity index is 3.47. The predicted octanol–water partition coefficient (Wildman–Crippen LogP) is 2.56. The first-order valence-corrected chi connectivity index (χ1v) is 2.95. The van der Waals surface area contributed by atoms with E-state index in [4.69, 9.17) is 0 Å². The number of allylic oxidation sites excluding steroid dienone is 2. The monoisotopic (exact) mass is 116 g/mol. The van der Waals surface area contributed by atoms with Gasteiger partial charge in [0.05, 0.1) is 0 Å². The zero-order chi connectivity index (χ0) is 6.57. The Bertz CT molecular complexity index is 74.5. The normalized spacial score (nSPS) is 19.0. The van der Waals surface area contributed by atoms with E-state index < -0.39 is 6.17 Å². The minimum atomic E-state index is -0.716. The third-order valence-electron chi connectivity index (χ3n) is 1.22. The van der Waals surface area contributed by atoms with Gasteiger partial charge >= 0.3 is 0 Å². The van der Waals surface area contributed by atoms with Gasteiger partial charge in [-0.3, -0.25) is 0 Å². The molecule has 0 saturated heterocycles. The van der Waals surface area contributed by atoms with Gasteiger partial charge in [0.2, 0.25) is 0 Å². The van der Waals surface area contributed by atoms with E-state index in [2.05, 4.69) is 0 Å². The number of alkyl halides is 1. The average Bonchev–Trinajstić information content (AvgIpc) is 1.67. The molecule has 0 bridgehead atoms. The molecule has 2 atom stereocenters. The Morgan fingerprint density at radius 1 is 1.38 bits per heavy atom. The van der Waals surface area contributed by atoms with Crippen LogP contribution in [0.1, 0.15) is 20.8 Å². The summed E-state index contributed by atoms with van der Waals surface area (Å²) < 4.78 is 12.2. The fraction of sp³-hybridized carbons (Fsp3) is 0.714. The van der Waals surface area contributed by atoms with Crippen molar-refractivity contribution >= 4 is 0 Å². The molecule has 8 heavy (non-hydrogen) atoms. The SMILES string of the molecule is C/C=C/C(C)[C@@H](C)F. The molecule has 0 aromatic carbocycles. The van der Waals surface area contributed by atoms with Gasteiger partial charge in [-0.2, -0.15) is 0 Å². The summed E-state index contributed by atoms with van der Waals surface area (Å²) in [5.74, 6) is 0.0694. The molecule has 0 amide bonds. The molecular formula is C7H13F. The van der Waals surface area contributed by atoms with Crippen LogP contribution in [0.5, 0.6) is 0 Å². The summed E-state index contributed by atoms with van der Waals surface area (Å²) in [6.07, 6.45) is 3.03. The van der Waals surface area contributed by atoms with Crippen molar-refractivity contribution in [3.8, 4) is 0 Å². The van der Waals surface area contributed by atoms with Crippen molar-refractivity contribution < 1.29 is 4.39 Å². The van der Waals surface area contributed by atoms with Gasteiger partial charge < -0.3 is 0 Å². The minimum absolute atomic E-state index is 0.0694. The molecule has 0 radical (unpaired) electrons. The number of halogens is 1. The summed E-state index contributed by atoms with van der Waals surface area (Å²) >= 11 is 0. The van der Waals surface area contributed by atoms with Crippen molar-refractivity contribution in [2.24, 2.45) is 5.92 Å². The van der Waals surface area contributed by atoms with Gasteiger partial charge in [0, 0.05) is 5.92 Å². The van der Waals surface area contributed by atoms with E-state index in [9.17, 15) is 4.39 Å². The Morgan fingerprint density at radius 2 is 1.88 bits per heavy atom. The van der Waals surface area contributed by atoms with Crippen LogP contribution in [0.4, 0.5) is 4.39 Å². The van der Waals surface area contributed by atoms with Crippen LogP contribution in [0.15, 0.2) is 12.2 Å². The molecule has 0 aliphatic heterocycles. The molecule has 0 nitrogen and oxygen atoms in total. The number of rotatable bonds is 2. The number of hydrogen-bond acceptors (Lipinski definition) is 0. The maximum atomic E-state index is 12.2. The summed E-state index contributed by atoms with van der Waals surface area (Å²) in [5.41, 5.74) is 0. The fourth-order valence-electron chi connectivity index (χ4n) is 0.457. The molecule has 0 aromatic rings. The summed E-state index contributed by atoms with van der Waals surface area (Å²) in [4.78, 5) is 0.